The fraction of sp³-hybridized carbons (Fsp3) is 0.200. The number of aryl methyl sites for hydroxylation is 1. The van der Waals surface area contributed by atoms with Crippen LogP contribution in [0.3, 0.4) is 0 Å². The number of nitrogens with zero attached hydrogens (tertiary/aromatic N) is 1. The Morgan fingerprint density at radius 2 is 2.10 bits per heavy atom. The molecule has 0 atom stereocenters. The number of nitrogens with one attached hydrogen (secondary N) is 1. The minimum absolute atomic E-state index is 0.0200. The van der Waals surface area contributed by atoms with Crippen LogP contribution >= 0.6 is 27.7 Å². The summed E-state index contributed by atoms with van der Waals surface area (Å²) in [6.07, 6.45) is 1.73. The lowest BCUT2D eigenvalue weighted by molar-refractivity contribution is -0.113. The molecule has 0 aliphatic rings. The van der Waals surface area contributed by atoms with E-state index in [4.69, 9.17) is 0 Å². The van der Waals surface area contributed by atoms with Gasteiger partial charge in [0.2, 0.25) is 5.91 Å². The lowest BCUT2D eigenvalue weighted by atomic mass is 10.1. The lowest BCUT2D eigenvalue weighted by Gasteiger charge is -2.10. The van der Waals surface area contributed by atoms with Gasteiger partial charge in [0, 0.05) is 16.4 Å². The SMILES string of the molecule is Cc1cccc(NC(=O)CSc2ccc(Br)cn2)c1C. The molecule has 0 saturated heterocycles. The van der Waals surface area contributed by atoms with Gasteiger partial charge in [0.25, 0.3) is 0 Å². The summed E-state index contributed by atoms with van der Waals surface area (Å²) in [5, 5.41) is 3.77. The quantitative estimate of drug-likeness (QED) is 0.840. The molecular formula is C15H15BrN2OS. The minimum atomic E-state index is -0.0200. The number of rotatable bonds is 4. The molecule has 0 radical (unpaired) electrons. The molecule has 0 fully saturated rings. The molecule has 0 spiro atoms. The molecule has 3 nitrogen and oxygen atoms in total. The van der Waals surface area contributed by atoms with Crippen molar-refractivity contribution in [2.24, 2.45) is 0 Å². The second-order valence-corrected chi connectivity index (χ2v) is 6.31. The van der Waals surface area contributed by atoms with E-state index in [1.165, 1.54) is 17.3 Å². The molecule has 1 aromatic carbocycles. The Morgan fingerprint density at radius 3 is 2.80 bits per heavy atom. The van der Waals surface area contributed by atoms with Crippen molar-refractivity contribution in [3.05, 3.63) is 52.1 Å². The Balaban J connectivity index is 1.92. The number of hydrogen-bond acceptors (Lipinski definition) is 3. The third-order valence-corrected chi connectivity index (χ3v) is 4.34. The molecule has 2 rings (SSSR count). The third kappa shape index (κ3) is 4.08. The molecule has 5 heteroatoms. The van der Waals surface area contributed by atoms with E-state index in [1.54, 1.807) is 6.20 Å². The van der Waals surface area contributed by atoms with Crippen LogP contribution < -0.4 is 5.32 Å². The van der Waals surface area contributed by atoms with Crippen molar-refractivity contribution >= 4 is 39.3 Å². The van der Waals surface area contributed by atoms with E-state index in [2.05, 4.69) is 26.2 Å². The summed E-state index contributed by atoms with van der Waals surface area (Å²) in [4.78, 5) is 16.2. The van der Waals surface area contributed by atoms with Crippen molar-refractivity contribution in [1.82, 2.24) is 4.98 Å². The van der Waals surface area contributed by atoms with Crippen LogP contribution in [0.5, 0.6) is 0 Å². The molecule has 1 amide bonds. The summed E-state index contributed by atoms with van der Waals surface area (Å²) in [6.45, 7) is 4.04. The summed E-state index contributed by atoms with van der Waals surface area (Å²) >= 11 is 4.76. The van der Waals surface area contributed by atoms with Gasteiger partial charge in [-0.3, -0.25) is 4.79 Å². The first-order valence-corrected chi connectivity index (χ1v) is 7.94. The van der Waals surface area contributed by atoms with E-state index < -0.39 is 0 Å². The molecule has 0 unspecified atom stereocenters. The van der Waals surface area contributed by atoms with Gasteiger partial charge in [0.15, 0.2) is 0 Å². The molecule has 104 valence electrons. The molecule has 1 heterocycles. The standard InChI is InChI=1S/C15H15BrN2OS/c1-10-4-3-5-13(11(10)2)18-14(19)9-20-15-7-6-12(16)8-17-15/h3-8H,9H2,1-2H3,(H,18,19). The van der Waals surface area contributed by atoms with Crippen LogP contribution in [0.25, 0.3) is 0 Å². The fourth-order valence-corrected chi connectivity index (χ4v) is 2.54. The highest BCUT2D eigenvalue weighted by atomic mass is 79.9. The summed E-state index contributed by atoms with van der Waals surface area (Å²) in [5.74, 6) is 0.329. The maximum absolute atomic E-state index is 11.9. The monoisotopic (exact) mass is 350 g/mol. The average molecular weight is 351 g/mol. The predicted molar refractivity (Wildman–Crippen MR) is 87.2 cm³/mol. The number of halogens is 1. The van der Waals surface area contributed by atoms with Gasteiger partial charge >= 0.3 is 0 Å². The van der Waals surface area contributed by atoms with Gasteiger partial charge in [0.1, 0.15) is 0 Å². The van der Waals surface area contributed by atoms with E-state index in [-0.39, 0.29) is 5.91 Å². The van der Waals surface area contributed by atoms with E-state index in [0.29, 0.717) is 5.75 Å². The zero-order valence-electron chi connectivity index (χ0n) is 11.3. The Hall–Kier alpha value is -1.33. The highest BCUT2D eigenvalue weighted by Crippen LogP contribution is 2.20. The van der Waals surface area contributed by atoms with Crippen molar-refractivity contribution in [2.75, 3.05) is 11.1 Å². The zero-order valence-corrected chi connectivity index (χ0v) is 13.7. The number of pyridine rings is 1. The van der Waals surface area contributed by atoms with E-state index in [0.717, 1.165) is 20.7 Å². The van der Waals surface area contributed by atoms with E-state index in [1.807, 2.05) is 44.2 Å². The second kappa shape index (κ2) is 6.90. The number of aromatic nitrogens is 1. The van der Waals surface area contributed by atoms with Crippen LogP contribution in [0.15, 0.2) is 46.0 Å². The molecule has 0 saturated carbocycles. The molecule has 0 aliphatic carbocycles. The van der Waals surface area contributed by atoms with Gasteiger partial charge < -0.3 is 5.32 Å². The predicted octanol–water partition coefficient (Wildman–Crippen LogP) is 4.19. The van der Waals surface area contributed by atoms with Crippen molar-refractivity contribution in [3.63, 3.8) is 0 Å². The highest BCUT2D eigenvalue weighted by molar-refractivity contribution is 9.10. The van der Waals surface area contributed by atoms with E-state index >= 15 is 0 Å². The van der Waals surface area contributed by atoms with Crippen molar-refractivity contribution in [3.8, 4) is 0 Å². The first-order valence-electron chi connectivity index (χ1n) is 6.16. The number of carbonyl (C=O) groups excluding carboxylic acids is 1. The largest absolute Gasteiger partial charge is 0.325 e. The first-order chi connectivity index (χ1) is 9.56. The molecule has 1 N–H and O–H groups in total. The third-order valence-electron chi connectivity index (χ3n) is 2.93. The number of hydrogen-bond donors (Lipinski definition) is 1. The van der Waals surface area contributed by atoms with Crippen molar-refractivity contribution in [2.45, 2.75) is 18.9 Å². The highest BCUT2D eigenvalue weighted by Gasteiger charge is 2.07. The number of benzene rings is 1. The fourth-order valence-electron chi connectivity index (χ4n) is 1.66. The Bertz CT molecular complexity index is 614. The first kappa shape index (κ1) is 15.1. The molecule has 1 aromatic heterocycles. The zero-order chi connectivity index (χ0) is 14.5. The summed E-state index contributed by atoms with van der Waals surface area (Å²) in [6, 6.07) is 9.70. The van der Waals surface area contributed by atoms with Crippen molar-refractivity contribution < 1.29 is 4.79 Å². The van der Waals surface area contributed by atoms with Crippen LogP contribution in [0.2, 0.25) is 0 Å². The smallest absolute Gasteiger partial charge is 0.234 e. The van der Waals surface area contributed by atoms with Crippen LogP contribution in [0, 0.1) is 13.8 Å². The Kier molecular flexibility index (Phi) is 5.20. The number of thioether (sulfide) groups is 1. The van der Waals surface area contributed by atoms with Crippen LogP contribution in [0.4, 0.5) is 5.69 Å². The average Bonchev–Trinajstić information content (AvgIpc) is 2.43. The summed E-state index contributed by atoms with van der Waals surface area (Å²) in [5.41, 5.74) is 3.15. The maximum atomic E-state index is 11.9. The number of anilines is 1. The summed E-state index contributed by atoms with van der Waals surface area (Å²) < 4.78 is 0.932. The maximum Gasteiger partial charge on any atom is 0.234 e. The van der Waals surface area contributed by atoms with Gasteiger partial charge in [0.05, 0.1) is 10.8 Å². The topological polar surface area (TPSA) is 42.0 Å². The van der Waals surface area contributed by atoms with E-state index in [9.17, 15) is 4.79 Å². The number of carbonyl (C=O) groups is 1. The molecule has 0 bridgehead atoms. The van der Waals surface area contributed by atoms with Gasteiger partial charge in [-0.2, -0.15) is 0 Å². The minimum Gasteiger partial charge on any atom is -0.325 e. The molecule has 0 aliphatic heterocycles. The van der Waals surface area contributed by atoms with Crippen molar-refractivity contribution in [1.29, 1.82) is 0 Å². The van der Waals surface area contributed by atoms with Gasteiger partial charge in [-0.25, -0.2) is 4.98 Å². The van der Waals surface area contributed by atoms with Crippen LogP contribution in [-0.2, 0) is 4.79 Å². The second-order valence-electron chi connectivity index (χ2n) is 4.40. The normalized spacial score (nSPS) is 10.3. The van der Waals surface area contributed by atoms with Gasteiger partial charge in [-0.15, -0.1) is 0 Å². The summed E-state index contributed by atoms with van der Waals surface area (Å²) in [7, 11) is 0. The lowest BCUT2D eigenvalue weighted by Crippen LogP contribution is -2.15. The van der Waals surface area contributed by atoms with Gasteiger partial charge in [-0.1, -0.05) is 23.9 Å². The van der Waals surface area contributed by atoms with Crippen LogP contribution in [-0.4, -0.2) is 16.6 Å². The Labute approximate surface area is 131 Å². The van der Waals surface area contributed by atoms with Gasteiger partial charge in [-0.05, 0) is 59.1 Å². The molecule has 20 heavy (non-hydrogen) atoms. The van der Waals surface area contributed by atoms with Crippen LogP contribution in [0.1, 0.15) is 11.1 Å². The number of amides is 1. The molecule has 2 aromatic rings. The molecular weight excluding hydrogens is 336 g/mol. The Morgan fingerprint density at radius 1 is 1.30 bits per heavy atom.